The van der Waals surface area contributed by atoms with E-state index in [0.717, 1.165) is 30.5 Å². The Balaban J connectivity index is 1.28. The van der Waals surface area contributed by atoms with Crippen LogP contribution in [0.25, 0.3) is 0 Å². The zero-order valence-corrected chi connectivity index (χ0v) is 30.7. The van der Waals surface area contributed by atoms with Gasteiger partial charge in [-0.05, 0) is 73.9 Å². The molecule has 266 valence electrons. The number of carbonyl (C=O) groups excluding carboxylic acids is 3. The molecule has 1 unspecified atom stereocenters. The largest absolute Gasteiger partial charge is 0.432 e. The van der Waals surface area contributed by atoms with Crippen LogP contribution in [0, 0.1) is 11.8 Å². The summed E-state index contributed by atoms with van der Waals surface area (Å²) in [4.78, 5) is 56.7. The second kappa shape index (κ2) is 15.0. The molecule has 3 aliphatic heterocycles. The number of hydrogen-bond donors (Lipinski definition) is 4. The maximum Gasteiger partial charge on any atom is 0.264 e. The average Bonchev–Trinajstić information content (AvgIpc) is 3.51. The summed E-state index contributed by atoms with van der Waals surface area (Å²) in [6.07, 6.45) is 1.00. The number of aliphatic hydroxyl groups is 1. The number of halogens is 1. The van der Waals surface area contributed by atoms with Gasteiger partial charge in [-0.3, -0.25) is 14.4 Å². The molecule has 1 spiro atoms. The fourth-order valence-electron chi connectivity index (χ4n) is 8.17. The zero-order chi connectivity index (χ0) is 35.6. The number of amides is 3. The van der Waals surface area contributed by atoms with Gasteiger partial charge in [0.05, 0.1) is 37.3 Å². The number of carbonyl (C=O) groups is 3. The Bertz CT molecular complexity index is 1710. The van der Waals surface area contributed by atoms with Gasteiger partial charge in [-0.15, -0.1) is 0 Å². The number of ether oxygens (including phenoxy) is 1. The number of nitrogens with zero attached hydrogens (tertiary/aromatic N) is 2. The summed E-state index contributed by atoms with van der Waals surface area (Å²) in [7, 11) is -3.03. The van der Waals surface area contributed by atoms with Crippen molar-refractivity contribution in [2.24, 2.45) is 11.8 Å². The molecule has 0 saturated carbocycles. The molecule has 3 aromatic rings. The Morgan fingerprint density at radius 2 is 1.86 bits per heavy atom. The number of aliphatic hydroxyl groups excluding tert-OH is 1. The van der Waals surface area contributed by atoms with Gasteiger partial charge in [0.15, 0.2) is 13.9 Å². The van der Waals surface area contributed by atoms with Crippen LogP contribution >= 0.6 is 11.6 Å². The topological polar surface area (TPSA) is 131 Å². The molecule has 50 heavy (non-hydrogen) atoms. The molecule has 2 saturated heterocycles. The third kappa shape index (κ3) is 7.26. The molecular formula is C38H47ClN4O6Si. The molecule has 2 fully saturated rings. The number of anilines is 2. The van der Waals surface area contributed by atoms with E-state index in [0.29, 0.717) is 35.1 Å². The predicted molar refractivity (Wildman–Crippen MR) is 196 cm³/mol. The quantitative estimate of drug-likeness (QED) is 0.205. The second-order valence-corrected chi connectivity index (χ2v) is 18.8. The molecule has 3 aromatic carbocycles. The minimum Gasteiger partial charge on any atom is -0.432 e. The van der Waals surface area contributed by atoms with Crippen LogP contribution in [0.2, 0.25) is 23.7 Å². The minimum atomic E-state index is -3.03. The maximum atomic E-state index is 14.8. The molecule has 4 N–H and O–H groups in total. The molecule has 12 heteroatoms. The van der Waals surface area contributed by atoms with Crippen LogP contribution in [0.1, 0.15) is 42.9 Å². The summed E-state index contributed by atoms with van der Waals surface area (Å²) in [6.45, 7) is 7.64. The molecule has 3 aliphatic rings. The van der Waals surface area contributed by atoms with E-state index < -0.39 is 31.5 Å². The van der Waals surface area contributed by atoms with Crippen LogP contribution in [0.4, 0.5) is 11.4 Å². The van der Waals surface area contributed by atoms with Gasteiger partial charge in [0, 0.05) is 47.4 Å². The lowest BCUT2D eigenvalue weighted by Gasteiger charge is -2.32. The highest BCUT2D eigenvalue weighted by Gasteiger charge is 2.66. The third-order valence-corrected chi connectivity index (χ3v) is 13.2. The highest BCUT2D eigenvalue weighted by atomic mass is 35.5. The molecular weight excluding hydrogens is 672 g/mol. The first-order valence-corrected chi connectivity index (χ1v) is 20.9. The van der Waals surface area contributed by atoms with Gasteiger partial charge in [-0.25, -0.2) is 0 Å². The summed E-state index contributed by atoms with van der Waals surface area (Å²) >= 11 is 6.57. The van der Waals surface area contributed by atoms with E-state index in [1.54, 1.807) is 21.9 Å². The first kappa shape index (κ1) is 36.2. The molecule has 5 atom stereocenters. The van der Waals surface area contributed by atoms with E-state index in [-0.39, 0.29) is 49.8 Å². The molecule has 6 rings (SSSR count). The fraction of sp³-hybridized carbons (Fsp3) is 0.447. The first-order chi connectivity index (χ1) is 23.9. The number of benzene rings is 3. The summed E-state index contributed by atoms with van der Waals surface area (Å²) in [5.74, 6) is -1.10. The Labute approximate surface area is 299 Å². The van der Waals surface area contributed by atoms with Crippen LogP contribution in [-0.4, -0.2) is 73.2 Å². The van der Waals surface area contributed by atoms with Crippen molar-refractivity contribution < 1.29 is 29.0 Å². The summed E-state index contributed by atoms with van der Waals surface area (Å²) in [6, 6.07) is 22.4. The third-order valence-electron chi connectivity index (χ3n) is 10.5. The molecule has 3 amide bonds. The molecule has 0 radical (unpaired) electrons. The second-order valence-electron chi connectivity index (χ2n) is 14.4. The number of hydrogen-bond acceptors (Lipinski definition) is 7. The monoisotopic (exact) mass is 718 g/mol. The van der Waals surface area contributed by atoms with Crippen LogP contribution in [0.15, 0.2) is 72.8 Å². The van der Waals surface area contributed by atoms with Crippen molar-refractivity contribution in [3.05, 3.63) is 94.5 Å². The summed E-state index contributed by atoms with van der Waals surface area (Å²) in [5, 5.41) is 16.6. The van der Waals surface area contributed by atoms with E-state index in [2.05, 4.69) is 10.6 Å². The van der Waals surface area contributed by atoms with Gasteiger partial charge in [-0.1, -0.05) is 61.0 Å². The van der Waals surface area contributed by atoms with E-state index in [1.165, 1.54) is 0 Å². The van der Waals surface area contributed by atoms with Crippen molar-refractivity contribution in [1.29, 1.82) is 0 Å². The van der Waals surface area contributed by atoms with Crippen LogP contribution in [0.5, 0.6) is 0 Å². The van der Waals surface area contributed by atoms with Gasteiger partial charge >= 0.3 is 0 Å². The lowest BCUT2D eigenvalue weighted by Crippen LogP contribution is -2.46. The average molecular weight is 719 g/mol. The van der Waals surface area contributed by atoms with Crippen molar-refractivity contribution in [3.8, 4) is 0 Å². The zero-order valence-electron chi connectivity index (χ0n) is 28.9. The van der Waals surface area contributed by atoms with Crippen molar-refractivity contribution in [3.63, 3.8) is 0 Å². The van der Waals surface area contributed by atoms with Crippen molar-refractivity contribution in [2.45, 2.75) is 69.6 Å². The lowest BCUT2D eigenvalue weighted by atomic mass is 9.82. The Morgan fingerprint density at radius 3 is 2.56 bits per heavy atom. The van der Waals surface area contributed by atoms with E-state index in [9.17, 15) is 24.3 Å². The smallest absolute Gasteiger partial charge is 0.264 e. The Hall–Kier alpha value is -3.58. The standard InChI is InChI=1S/C38H47ClN4O6Si/c1-25-35(50(2,3)48)33(21-34(45)42(17-18-44)23-26-9-5-4-6-10-26)49-38(25)31-20-29(39)14-15-32(31)43(37(38)47)24-27-11-7-13-30(19-27)41-36(46)28-12-8-16-40-22-28/h4-7,9-11,13-15,19-20,25,28,33,35,40,44,48H,8,12,16-18,21-24H2,1-3H3,(H,41,46)/t25-,28?,33+,35-,38+/m0/s1. The fourth-order valence-corrected chi connectivity index (χ4v) is 10.9. The van der Waals surface area contributed by atoms with Gasteiger partial charge in [-0.2, -0.15) is 0 Å². The van der Waals surface area contributed by atoms with Gasteiger partial charge < -0.3 is 35.1 Å². The van der Waals surface area contributed by atoms with Crippen LogP contribution in [-0.2, 0) is 37.8 Å². The molecule has 3 heterocycles. The number of fused-ring (bicyclic) bond motifs is 2. The van der Waals surface area contributed by atoms with E-state index in [4.69, 9.17) is 16.3 Å². The first-order valence-electron chi connectivity index (χ1n) is 17.5. The molecule has 0 aliphatic carbocycles. The van der Waals surface area contributed by atoms with Gasteiger partial charge in [0.2, 0.25) is 11.8 Å². The number of piperidine rings is 1. The SMILES string of the molecule is C[C@H]1[C@H]([Si](C)(C)O)[C@@H](CC(=O)N(CCO)Cc2ccccc2)O[C@]12C(=O)N(Cc1cccc(NC(=O)C3CCCNC3)c1)c1ccc(Cl)cc12. The van der Waals surface area contributed by atoms with Crippen molar-refractivity contribution >= 4 is 49.0 Å². The Morgan fingerprint density at radius 1 is 1.10 bits per heavy atom. The number of rotatable bonds is 11. The molecule has 10 nitrogen and oxygen atoms in total. The summed E-state index contributed by atoms with van der Waals surface area (Å²) in [5.41, 5.74) is 1.76. The van der Waals surface area contributed by atoms with Crippen LogP contribution in [0.3, 0.4) is 0 Å². The lowest BCUT2D eigenvalue weighted by molar-refractivity contribution is -0.150. The van der Waals surface area contributed by atoms with Crippen LogP contribution < -0.4 is 15.5 Å². The normalized spacial score (nSPS) is 24.8. The molecule has 0 bridgehead atoms. The Kier molecular flexibility index (Phi) is 10.8. The van der Waals surface area contributed by atoms with Gasteiger partial charge in [0.25, 0.3) is 5.91 Å². The minimum absolute atomic E-state index is 0.0255. The highest BCUT2D eigenvalue weighted by Crippen LogP contribution is 2.60. The van der Waals surface area contributed by atoms with Gasteiger partial charge in [0.1, 0.15) is 0 Å². The number of nitrogens with one attached hydrogen (secondary N) is 2. The molecule has 0 aromatic heterocycles. The van der Waals surface area contributed by atoms with E-state index >= 15 is 0 Å². The maximum absolute atomic E-state index is 14.8. The predicted octanol–water partition coefficient (Wildman–Crippen LogP) is 5.03. The van der Waals surface area contributed by atoms with Crippen molar-refractivity contribution in [2.75, 3.05) is 36.5 Å². The highest BCUT2D eigenvalue weighted by molar-refractivity contribution is 6.71. The van der Waals surface area contributed by atoms with E-state index in [1.807, 2.05) is 80.7 Å². The summed E-state index contributed by atoms with van der Waals surface area (Å²) < 4.78 is 6.87. The van der Waals surface area contributed by atoms with Crippen molar-refractivity contribution in [1.82, 2.24) is 10.2 Å².